The van der Waals surface area contributed by atoms with Gasteiger partial charge in [-0.15, -0.1) is 0 Å². The molecule has 2 aromatic carbocycles. The molecule has 136 valence electrons. The summed E-state index contributed by atoms with van der Waals surface area (Å²) in [4.78, 5) is 38.9. The quantitative estimate of drug-likeness (QED) is 0.671. The topological polar surface area (TPSA) is 68.6 Å². The fourth-order valence-corrected chi connectivity index (χ4v) is 3.49. The minimum absolute atomic E-state index is 0.0685. The lowest BCUT2D eigenvalue weighted by molar-refractivity contribution is -0.117. The SMILES string of the molecule is COC(=O)c1cn(C(=O)c2cccc(N3CCCC3=O)c2)c2ccccc12. The number of esters is 1. The Morgan fingerprint density at radius 1 is 1.07 bits per heavy atom. The van der Waals surface area contributed by atoms with E-state index in [1.807, 2.05) is 18.2 Å². The van der Waals surface area contributed by atoms with E-state index in [9.17, 15) is 14.4 Å². The Morgan fingerprint density at radius 2 is 1.89 bits per heavy atom. The zero-order valence-electron chi connectivity index (χ0n) is 14.8. The molecular weight excluding hydrogens is 344 g/mol. The van der Waals surface area contributed by atoms with Crippen molar-refractivity contribution in [2.75, 3.05) is 18.6 Å². The van der Waals surface area contributed by atoms with Gasteiger partial charge in [-0.1, -0.05) is 24.3 Å². The van der Waals surface area contributed by atoms with Crippen LogP contribution in [0.3, 0.4) is 0 Å². The van der Waals surface area contributed by atoms with Crippen molar-refractivity contribution < 1.29 is 19.1 Å². The molecule has 0 atom stereocenters. The number of amides is 1. The lowest BCUT2D eigenvalue weighted by Gasteiger charge is -2.16. The molecule has 0 N–H and O–H groups in total. The number of nitrogens with zero attached hydrogens (tertiary/aromatic N) is 2. The third kappa shape index (κ3) is 2.89. The van der Waals surface area contributed by atoms with E-state index in [0.717, 1.165) is 6.42 Å². The third-order valence-electron chi connectivity index (χ3n) is 4.81. The molecule has 6 heteroatoms. The van der Waals surface area contributed by atoms with Crippen molar-refractivity contribution in [2.24, 2.45) is 0 Å². The highest BCUT2D eigenvalue weighted by Crippen LogP contribution is 2.26. The van der Waals surface area contributed by atoms with Crippen molar-refractivity contribution in [2.45, 2.75) is 12.8 Å². The van der Waals surface area contributed by atoms with Gasteiger partial charge in [0.1, 0.15) is 0 Å². The molecule has 0 spiro atoms. The van der Waals surface area contributed by atoms with Crippen LogP contribution in [0.4, 0.5) is 5.69 Å². The maximum Gasteiger partial charge on any atom is 0.340 e. The van der Waals surface area contributed by atoms with Crippen molar-refractivity contribution in [3.8, 4) is 0 Å². The summed E-state index contributed by atoms with van der Waals surface area (Å²) in [5.41, 5.74) is 2.13. The lowest BCUT2D eigenvalue weighted by Crippen LogP contribution is -2.24. The Balaban J connectivity index is 1.78. The first-order chi connectivity index (χ1) is 13.1. The van der Waals surface area contributed by atoms with Crippen molar-refractivity contribution in [1.29, 1.82) is 0 Å². The summed E-state index contributed by atoms with van der Waals surface area (Å²) in [6.07, 6.45) is 2.86. The Kier molecular flexibility index (Phi) is 4.24. The van der Waals surface area contributed by atoms with Gasteiger partial charge < -0.3 is 9.64 Å². The van der Waals surface area contributed by atoms with Crippen molar-refractivity contribution in [3.05, 3.63) is 65.9 Å². The van der Waals surface area contributed by atoms with Gasteiger partial charge in [0.2, 0.25) is 5.91 Å². The highest BCUT2D eigenvalue weighted by molar-refractivity contribution is 6.10. The van der Waals surface area contributed by atoms with Crippen LogP contribution in [0.25, 0.3) is 10.9 Å². The monoisotopic (exact) mass is 362 g/mol. The van der Waals surface area contributed by atoms with E-state index in [1.165, 1.54) is 17.9 Å². The summed E-state index contributed by atoms with van der Waals surface area (Å²) in [7, 11) is 1.31. The number of hydrogen-bond donors (Lipinski definition) is 0. The number of carbonyl (C=O) groups excluding carboxylic acids is 3. The minimum atomic E-state index is -0.492. The average Bonchev–Trinajstić information content (AvgIpc) is 3.31. The molecule has 1 aliphatic heterocycles. The van der Waals surface area contributed by atoms with Crippen molar-refractivity contribution in [1.82, 2.24) is 4.57 Å². The summed E-state index contributed by atoms with van der Waals surface area (Å²) in [5.74, 6) is -0.692. The van der Waals surface area contributed by atoms with Gasteiger partial charge in [-0.05, 0) is 30.7 Å². The number of para-hydroxylation sites is 1. The van der Waals surface area contributed by atoms with Crippen molar-refractivity contribution in [3.63, 3.8) is 0 Å². The molecule has 1 saturated heterocycles. The Hall–Kier alpha value is -3.41. The Bertz CT molecular complexity index is 1070. The normalized spacial score (nSPS) is 14.0. The largest absolute Gasteiger partial charge is 0.465 e. The highest BCUT2D eigenvalue weighted by Gasteiger charge is 2.23. The van der Waals surface area contributed by atoms with Crippen LogP contribution in [0.1, 0.15) is 33.6 Å². The maximum atomic E-state index is 13.1. The van der Waals surface area contributed by atoms with Gasteiger partial charge in [0, 0.05) is 35.8 Å². The number of fused-ring (bicyclic) bond motifs is 1. The van der Waals surface area contributed by atoms with E-state index in [1.54, 1.807) is 35.2 Å². The smallest absolute Gasteiger partial charge is 0.340 e. The number of hydrogen-bond acceptors (Lipinski definition) is 4. The summed E-state index contributed by atoms with van der Waals surface area (Å²) in [6.45, 7) is 0.662. The average molecular weight is 362 g/mol. The molecule has 6 nitrogen and oxygen atoms in total. The van der Waals surface area contributed by atoms with E-state index in [2.05, 4.69) is 0 Å². The van der Waals surface area contributed by atoms with Crippen LogP contribution in [0.2, 0.25) is 0 Å². The first kappa shape index (κ1) is 17.0. The molecule has 0 radical (unpaired) electrons. The molecule has 0 bridgehead atoms. The molecule has 0 saturated carbocycles. The summed E-state index contributed by atoms with van der Waals surface area (Å²) in [5, 5.41) is 0.656. The summed E-state index contributed by atoms with van der Waals surface area (Å²) >= 11 is 0. The van der Waals surface area contributed by atoms with Gasteiger partial charge in [-0.2, -0.15) is 0 Å². The molecule has 4 rings (SSSR count). The van der Waals surface area contributed by atoms with Gasteiger partial charge in [-0.3, -0.25) is 14.2 Å². The van der Waals surface area contributed by atoms with Crippen LogP contribution < -0.4 is 4.90 Å². The number of methoxy groups -OCH3 is 1. The third-order valence-corrected chi connectivity index (χ3v) is 4.81. The van der Waals surface area contributed by atoms with E-state index >= 15 is 0 Å². The Labute approximate surface area is 155 Å². The molecule has 2 heterocycles. The molecule has 1 aliphatic rings. The van der Waals surface area contributed by atoms with Gasteiger partial charge in [0.15, 0.2) is 0 Å². The number of aromatic nitrogens is 1. The maximum absolute atomic E-state index is 13.1. The molecule has 1 aromatic heterocycles. The predicted octanol–water partition coefficient (Wildman–Crippen LogP) is 3.24. The number of carbonyl (C=O) groups is 3. The Morgan fingerprint density at radius 3 is 2.63 bits per heavy atom. The first-order valence-corrected chi connectivity index (χ1v) is 8.73. The fourth-order valence-electron chi connectivity index (χ4n) is 3.49. The molecule has 27 heavy (non-hydrogen) atoms. The summed E-state index contributed by atoms with van der Waals surface area (Å²) < 4.78 is 6.28. The summed E-state index contributed by atoms with van der Waals surface area (Å²) in [6, 6.07) is 14.2. The molecule has 3 aromatic rings. The minimum Gasteiger partial charge on any atom is -0.465 e. The fraction of sp³-hybridized carbons (Fsp3) is 0.190. The molecule has 0 unspecified atom stereocenters. The second-order valence-electron chi connectivity index (χ2n) is 6.43. The van der Waals surface area contributed by atoms with Crippen LogP contribution in [0.5, 0.6) is 0 Å². The second kappa shape index (κ2) is 6.72. The highest BCUT2D eigenvalue weighted by atomic mass is 16.5. The van der Waals surface area contributed by atoms with Gasteiger partial charge in [-0.25, -0.2) is 4.79 Å². The predicted molar refractivity (Wildman–Crippen MR) is 101 cm³/mol. The van der Waals surface area contributed by atoms with Gasteiger partial charge in [0.25, 0.3) is 5.91 Å². The van der Waals surface area contributed by atoms with E-state index in [-0.39, 0.29) is 11.8 Å². The number of ether oxygens (including phenoxy) is 1. The van der Waals surface area contributed by atoms with Crippen molar-refractivity contribution >= 4 is 34.4 Å². The van der Waals surface area contributed by atoms with Gasteiger partial charge in [0.05, 0.1) is 18.2 Å². The number of rotatable bonds is 3. The van der Waals surface area contributed by atoms with Crippen LogP contribution in [0, 0.1) is 0 Å². The van der Waals surface area contributed by atoms with Crippen LogP contribution in [-0.4, -0.2) is 36.0 Å². The standard InChI is InChI=1S/C21H18N2O4/c1-27-21(26)17-13-23(18-9-3-2-8-16(17)18)20(25)14-6-4-7-15(12-14)22-11-5-10-19(22)24/h2-4,6-9,12-13H,5,10-11H2,1H3. The lowest BCUT2D eigenvalue weighted by atomic mass is 10.1. The molecule has 1 fully saturated rings. The van der Waals surface area contributed by atoms with Crippen LogP contribution >= 0.6 is 0 Å². The van der Waals surface area contributed by atoms with Crippen LogP contribution in [0.15, 0.2) is 54.7 Å². The van der Waals surface area contributed by atoms with Gasteiger partial charge >= 0.3 is 5.97 Å². The molecular formula is C21H18N2O4. The molecule has 1 amide bonds. The van der Waals surface area contributed by atoms with E-state index < -0.39 is 5.97 Å². The van der Waals surface area contributed by atoms with Crippen LogP contribution in [-0.2, 0) is 9.53 Å². The number of benzene rings is 2. The zero-order valence-corrected chi connectivity index (χ0v) is 14.8. The van der Waals surface area contributed by atoms with E-state index in [4.69, 9.17) is 4.74 Å². The first-order valence-electron chi connectivity index (χ1n) is 8.73. The zero-order chi connectivity index (χ0) is 19.0. The van der Waals surface area contributed by atoms with E-state index in [0.29, 0.717) is 40.7 Å². The second-order valence-corrected chi connectivity index (χ2v) is 6.43. The number of anilines is 1. The molecule has 0 aliphatic carbocycles.